The first-order valence-corrected chi connectivity index (χ1v) is 11.0. The first kappa shape index (κ1) is 18.3. The summed E-state index contributed by atoms with van der Waals surface area (Å²) in [6.07, 6.45) is 9.19. The second-order valence-electron chi connectivity index (χ2n) is 11.1. The molecule has 2 heterocycles. The van der Waals surface area contributed by atoms with Crippen LogP contribution in [0.25, 0.3) is 0 Å². The number of nitrogens with one attached hydrogen (secondary N) is 2. The van der Waals surface area contributed by atoms with Crippen LogP contribution in [0, 0.1) is 21.7 Å². The second kappa shape index (κ2) is 5.61. The summed E-state index contributed by atoms with van der Waals surface area (Å²) >= 11 is 0. The largest absolute Gasteiger partial charge is 0.355 e. The number of nitrogens with two attached hydrogens (primary N) is 1. The smallest absolute Gasteiger partial charge is 0.135 e. The van der Waals surface area contributed by atoms with Crippen molar-refractivity contribution in [2.45, 2.75) is 51.5 Å². The summed E-state index contributed by atoms with van der Waals surface area (Å²) in [6, 6.07) is 8.22. The van der Waals surface area contributed by atoms with Gasteiger partial charge in [-0.1, -0.05) is 26.0 Å². The Labute approximate surface area is 177 Å². The Morgan fingerprint density at radius 1 is 1.10 bits per heavy atom. The van der Waals surface area contributed by atoms with Gasteiger partial charge in [-0.15, -0.1) is 0 Å². The van der Waals surface area contributed by atoms with Gasteiger partial charge >= 0.3 is 0 Å². The van der Waals surface area contributed by atoms with Crippen molar-refractivity contribution >= 4 is 23.5 Å². The first-order chi connectivity index (χ1) is 14.3. The monoisotopic (exact) mass is 402 g/mol. The SMILES string of the molecule is CC1(C)CC2(CN(c3cc(Nc4cc([C@]5(N)CC56CC6)ccc4C=N)ncn3)C2)C1. The molecule has 2 aromatic rings. The summed E-state index contributed by atoms with van der Waals surface area (Å²) < 4.78 is 0. The van der Waals surface area contributed by atoms with Crippen LogP contribution < -0.4 is 16.0 Å². The molecule has 1 aliphatic heterocycles. The lowest BCUT2D eigenvalue weighted by atomic mass is 9.51. The summed E-state index contributed by atoms with van der Waals surface area (Å²) in [5, 5.41) is 11.2. The van der Waals surface area contributed by atoms with Crippen molar-refractivity contribution in [1.29, 1.82) is 5.41 Å². The van der Waals surface area contributed by atoms with E-state index in [9.17, 15) is 0 Å². The molecule has 30 heavy (non-hydrogen) atoms. The van der Waals surface area contributed by atoms with Gasteiger partial charge in [0.05, 0.1) is 0 Å². The van der Waals surface area contributed by atoms with Crippen LogP contribution in [-0.4, -0.2) is 29.3 Å². The highest BCUT2D eigenvalue weighted by Crippen LogP contribution is 2.76. The van der Waals surface area contributed by atoms with Gasteiger partial charge in [-0.25, -0.2) is 9.97 Å². The van der Waals surface area contributed by atoms with Gasteiger partial charge in [-0.05, 0) is 54.6 Å². The molecule has 0 radical (unpaired) electrons. The minimum absolute atomic E-state index is 0.191. The zero-order valence-corrected chi connectivity index (χ0v) is 17.8. The van der Waals surface area contributed by atoms with Crippen molar-refractivity contribution < 1.29 is 0 Å². The van der Waals surface area contributed by atoms with Crippen LogP contribution in [0.5, 0.6) is 0 Å². The summed E-state index contributed by atoms with van der Waals surface area (Å²) in [5.74, 6) is 1.74. The molecule has 0 bridgehead atoms. The topological polar surface area (TPSA) is 90.9 Å². The molecule has 4 aliphatic rings. The van der Waals surface area contributed by atoms with Crippen molar-refractivity contribution in [2.24, 2.45) is 22.0 Å². The first-order valence-electron chi connectivity index (χ1n) is 11.0. The molecule has 6 heteroatoms. The van der Waals surface area contributed by atoms with E-state index < -0.39 is 0 Å². The van der Waals surface area contributed by atoms with Crippen LogP contribution in [0.4, 0.5) is 17.3 Å². The van der Waals surface area contributed by atoms with E-state index in [2.05, 4.69) is 46.2 Å². The normalized spacial score (nSPS) is 28.6. The van der Waals surface area contributed by atoms with Gasteiger partial charge in [0.2, 0.25) is 0 Å². The molecule has 4 fully saturated rings. The van der Waals surface area contributed by atoms with Crippen LogP contribution >= 0.6 is 0 Å². The quantitative estimate of drug-likeness (QED) is 0.653. The summed E-state index contributed by atoms with van der Waals surface area (Å²) in [7, 11) is 0. The Bertz CT molecular complexity index is 1040. The number of hydrogen-bond acceptors (Lipinski definition) is 6. The third kappa shape index (κ3) is 2.62. The van der Waals surface area contributed by atoms with E-state index in [-0.39, 0.29) is 5.54 Å². The maximum Gasteiger partial charge on any atom is 0.135 e. The molecule has 1 aromatic heterocycles. The molecule has 4 N–H and O–H groups in total. The van der Waals surface area contributed by atoms with E-state index in [1.165, 1.54) is 37.5 Å². The van der Waals surface area contributed by atoms with Crippen molar-refractivity contribution in [1.82, 2.24) is 9.97 Å². The van der Waals surface area contributed by atoms with Crippen molar-refractivity contribution in [3.8, 4) is 0 Å². The zero-order valence-electron chi connectivity index (χ0n) is 17.8. The maximum absolute atomic E-state index is 7.80. The van der Waals surface area contributed by atoms with Gasteiger partial charge in [-0.3, -0.25) is 0 Å². The van der Waals surface area contributed by atoms with Crippen molar-refractivity contribution in [3.05, 3.63) is 41.7 Å². The van der Waals surface area contributed by atoms with E-state index in [0.717, 1.165) is 42.4 Å². The van der Waals surface area contributed by atoms with Gasteiger partial charge in [0.25, 0.3) is 0 Å². The van der Waals surface area contributed by atoms with Crippen molar-refractivity contribution in [2.75, 3.05) is 23.3 Å². The maximum atomic E-state index is 7.80. The van der Waals surface area contributed by atoms with Gasteiger partial charge in [-0.2, -0.15) is 0 Å². The predicted molar refractivity (Wildman–Crippen MR) is 119 cm³/mol. The van der Waals surface area contributed by atoms with E-state index in [1.54, 1.807) is 6.33 Å². The molecule has 3 aliphatic carbocycles. The highest BCUT2D eigenvalue weighted by atomic mass is 15.3. The van der Waals surface area contributed by atoms with Crippen LogP contribution in [0.2, 0.25) is 0 Å². The van der Waals surface area contributed by atoms with Crippen LogP contribution in [0.1, 0.15) is 57.1 Å². The molecule has 156 valence electrons. The minimum atomic E-state index is -0.191. The second-order valence-corrected chi connectivity index (χ2v) is 11.1. The molecule has 1 atom stereocenters. The van der Waals surface area contributed by atoms with E-state index in [4.69, 9.17) is 11.1 Å². The lowest BCUT2D eigenvalue weighted by Gasteiger charge is -2.63. The fourth-order valence-corrected chi connectivity index (χ4v) is 6.59. The third-order valence-corrected chi connectivity index (χ3v) is 8.02. The molecule has 3 saturated carbocycles. The summed E-state index contributed by atoms with van der Waals surface area (Å²) in [5.41, 5.74) is 10.8. The molecule has 2 spiro atoms. The Morgan fingerprint density at radius 3 is 2.50 bits per heavy atom. The Morgan fingerprint density at radius 2 is 1.87 bits per heavy atom. The highest BCUT2D eigenvalue weighted by molar-refractivity contribution is 5.87. The van der Waals surface area contributed by atoms with Gasteiger partial charge in [0.15, 0.2) is 0 Å². The molecular weight excluding hydrogens is 372 g/mol. The van der Waals surface area contributed by atoms with Crippen LogP contribution in [0.15, 0.2) is 30.6 Å². The standard InChI is InChI=1S/C24H30N6/c1-21(2)10-22(11-21)13-30(14-22)20-8-19(27-15-28-20)29-18-7-17(4-3-16(18)9-25)24(26)12-23(24)5-6-23/h3-4,7-9,15,25H,5-6,10-14,26H2,1-2H3,(H,27,28,29)/t24-/m1/s1. The van der Waals surface area contributed by atoms with Crippen molar-refractivity contribution in [3.63, 3.8) is 0 Å². The van der Waals surface area contributed by atoms with Crippen LogP contribution in [0.3, 0.4) is 0 Å². The summed E-state index contributed by atoms with van der Waals surface area (Å²) in [4.78, 5) is 11.3. The number of nitrogens with zero attached hydrogens (tertiary/aromatic N) is 3. The predicted octanol–water partition coefficient (Wildman–Crippen LogP) is 4.18. The average Bonchev–Trinajstić information content (AvgIpc) is 3.56. The molecule has 0 unspecified atom stereocenters. The van der Waals surface area contributed by atoms with E-state index in [1.807, 2.05) is 12.1 Å². The Balaban J connectivity index is 1.21. The lowest BCUT2D eigenvalue weighted by molar-refractivity contribution is -0.0361. The molecule has 0 amide bonds. The molecular formula is C24H30N6. The third-order valence-electron chi connectivity index (χ3n) is 8.02. The lowest BCUT2D eigenvalue weighted by Crippen LogP contribution is -2.64. The Hall–Kier alpha value is -2.47. The number of rotatable bonds is 5. The minimum Gasteiger partial charge on any atom is -0.355 e. The number of hydrogen-bond donors (Lipinski definition) is 3. The van der Waals surface area contributed by atoms with Gasteiger partial charge in [0, 0.05) is 47.6 Å². The highest BCUT2D eigenvalue weighted by Gasteiger charge is 2.72. The molecule has 6 rings (SSSR count). The van der Waals surface area contributed by atoms with E-state index in [0.29, 0.717) is 16.2 Å². The molecule has 1 aromatic carbocycles. The Kier molecular flexibility index (Phi) is 3.42. The molecule has 1 saturated heterocycles. The fourth-order valence-electron chi connectivity index (χ4n) is 6.59. The van der Waals surface area contributed by atoms with Gasteiger partial charge in [0.1, 0.15) is 18.0 Å². The molecule has 6 nitrogen and oxygen atoms in total. The zero-order chi connectivity index (χ0) is 20.8. The fraction of sp³-hybridized carbons (Fsp3) is 0.542. The average molecular weight is 403 g/mol. The number of benzene rings is 1. The van der Waals surface area contributed by atoms with E-state index >= 15 is 0 Å². The number of anilines is 3. The van der Waals surface area contributed by atoms with Gasteiger partial charge < -0.3 is 21.4 Å². The summed E-state index contributed by atoms with van der Waals surface area (Å²) in [6.45, 7) is 6.90. The number of aromatic nitrogens is 2. The van der Waals surface area contributed by atoms with Crippen LogP contribution in [-0.2, 0) is 5.54 Å².